The maximum absolute atomic E-state index is 12.4. The lowest BCUT2D eigenvalue weighted by atomic mass is 9.95. The second-order valence-electron chi connectivity index (χ2n) is 4.89. The summed E-state index contributed by atoms with van der Waals surface area (Å²) >= 11 is 6.07. The average molecular weight is 296 g/mol. The van der Waals surface area contributed by atoms with E-state index in [-0.39, 0.29) is 17.7 Å². The Bertz CT molecular complexity index is 525. The van der Waals surface area contributed by atoms with E-state index in [0.717, 1.165) is 0 Å². The first-order valence-corrected chi connectivity index (χ1v) is 6.97. The Kier molecular flexibility index (Phi) is 4.49. The fraction of sp³-hybridized carbons (Fsp3) is 0.429. The normalized spacial score (nSPS) is 16.0. The third-order valence-electron chi connectivity index (χ3n) is 3.66. The van der Waals surface area contributed by atoms with Gasteiger partial charge in [0.05, 0.1) is 16.3 Å². The van der Waals surface area contributed by atoms with E-state index >= 15 is 0 Å². The fourth-order valence-corrected chi connectivity index (χ4v) is 2.64. The molecule has 0 aliphatic carbocycles. The van der Waals surface area contributed by atoms with Crippen LogP contribution >= 0.6 is 11.6 Å². The van der Waals surface area contributed by atoms with Crippen molar-refractivity contribution in [3.8, 4) is 0 Å². The Morgan fingerprint density at radius 1 is 1.35 bits per heavy atom. The molecule has 0 bridgehead atoms. The van der Waals surface area contributed by atoms with Crippen LogP contribution in [-0.4, -0.2) is 36.9 Å². The molecule has 1 fully saturated rings. The zero-order valence-electron chi connectivity index (χ0n) is 11.4. The molecule has 1 aromatic rings. The summed E-state index contributed by atoms with van der Waals surface area (Å²) in [4.78, 5) is 25.7. The van der Waals surface area contributed by atoms with Gasteiger partial charge in [-0.15, -0.1) is 0 Å². The third kappa shape index (κ3) is 2.88. The summed E-state index contributed by atoms with van der Waals surface area (Å²) in [5.41, 5.74) is 6.53. The van der Waals surface area contributed by atoms with Gasteiger partial charge in [0.15, 0.2) is 0 Å². The number of carbonyl (C=O) groups is 2. The lowest BCUT2D eigenvalue weighted by Gasteiger charge is -2.31. The van der Waals surface area contributed by atoms with Crippen LogP contribution in [0.5, 0.6) is 0 Å². The summed E-state index contributed by atoms with van der Waals surface area (Å²) in [5, 5.41) is 2.94. The SMILES string of the molecule is CNC(=O)C1CCN(C(=O)c2cccc(N)c2Cl)CC1. The second-order valence-corrected chi connectivity index (χ2v) is 5.27. The maximum Gasteiger partial charge on any atom is 0.255 e. The lowest BCUT2D eigenvalue weighted by molar-refractivity contribution is -0.125. The molecule has 6 heteroatoms. The van der Waals surface area contributed by atoms with E-state index in [1.807, 2.05) is 0 Å². The van der Waals surface area contributed by atoms with Crippen LogP contribution in [0.2, 0.25) is 5.02 Å². The molecule has 1 heterocycles. The van der Waals surface area contributed by atoms with Crippen LogP contribution in [-0.2, 0) is 4.79 Å². The van der Waals surface area contributed by atoms with E-state index in [9.17, 15) is 9.59 Å². The number of piperidine rings is 1. The number of carbonyl (C=O) groups excluding carboxylic acids is 2. The zero-order valence-corrected chi connectivity index (χ0v) is 12.1. The number of amides is 2. The van der Waals surface area contributed by atoms with Gasteiger partial charge in [0.25, 0.3) is 5.91 Å². The molecule has 20 heavy (non-hydrogen) atoms. The van der Waals surface area contributed by atoms with Gasteiger partial charge in [0.1, 0.15) is 0 Å². The summed E-state index contributed by atoms with van der Waals surface area (Å²) in [5.74, 6) is -0.0999. The molecule has 1 saturated heterocycles. The molecule has 2 rings (SSSR count). The van der Waals surface area contributed by atoms with Crippen molar-refractivity contribution in [3.63, 3.8) is 0 Å². The highest BCUT2D eigenvalue weighted by molar-refractivity contribution is 6.36. The zero-order chi connectivity index (χ0) is 14.7. The summed E-state index contributed by atoms with van der Waals surface area (Å²) in [6.45, 7) is 1.12. The van der Waals surface area contributed by atoms with E-state index in [1.165, 1.54) is 0 Å². The highest BCUT2D eigenvalue weighted by Gasteiger charge is 2.28. The number of anilines is 1. The number of hydrogen-bond acceptors (Lipinski definition) is 3. The predicted octanol–water partition coefficient (Wildman–Crippen LogP) is 1.52. The van der Waals surface area contributed by atoms with Crippen molar-refractivity contribution in [1.82, 2.24) is 10.2 Å². The van der Waals surface area contributed by atoms with Gasteiger partial charge in [-0.25, -0.2) is 0 Å². The van der Waals surface area contributed by atoms with Crippen LogP contribution in [0.4, 0.5) is 5.69 Å². The summed E-state index contributed by atoms with van der Waals surface area (Å²) in [7, 11) is 1.63. The Morgan fingerprint density at radius 2 is 2.00 bits per heavy atom. The molecule has 2 amide bonds. The van der Waals surface area contributed by atoms with Crippen molar-refractivity contribution in [2.24, 2.45) is 5.92 Å². The van der Waals surface area contributed by atoms with Gasteiger partial charge in [0, 0.05) is 26.1 Å². The number of rotatable bonds is 2. The smallest absolute Gasteiger partial charge is 0.255 e. The second kappa shape index (κ2) is 6.13. The molecule has 0 aromatic heterocycles. The fourth-order valence-electron chi connectivity index (χ4n) is 2.43. The third-order valence-corrected chi connectivity index (χ3v) is 4.08. The molecule has 0 saturated carbocycles. The number of hydrogen-bond donors (Lipinski definition) is 2. The molecule has 108 valence electrons. The first-order valence-electron chi connectivity index (χ1n) is 6.59. The first-order chi connectivity index (χ1) is 9.54. The van der Waals surface area contributed by atoms with Crippen LogP contribution in [0, 0.1) is 5.92 Å². The topological polar surface area (TPSA) is 75.4 Å². The van der Waals surface area contributed by atoms with Crippen molar-refractivity contribution < 1.29 is 9.59 Å². The summed E-state index contributed by atoms with van der Waals surface area (Å²) in [6, 6.07) is 5.05. The number of nitrogens with two attached hydrogens (primary N) is 1. The minimum absolute atomic E-state index is 0.0136. The number of benzene rings is 1. The predicted molar refractivity (Wildman–Crippen MR) is 78.6 cm³/mol. The number of halogens is 1. The first kappa shape index (κ1) is 14.7. The molecule has 1 aromatic carbocycles. The largest absolute Gasteiger partial charge is 0.398 e. The van der Waals surface area contributed by atoms with Crippen molar-refractivity contribution in [3.05, 3.63) is 28.8 Å². The molecule has 0 spiro atoms. The van der Waals surface area contributed by atoms with Gasteiger partial charge in [-0.1, -0.05) is 17.7 Å². The molecular formula is C14H18ClN3O2. The van der Waals surface area contributed by atoms with Gasteiger partial charge in [-0.3, -0.25) is 9.59 Å². The van der Waals surface area contributed by atoms with Crippen molar-refractivity contribution >= 4 is 29.1 Å². The van der Waals surface area contributed by atoms with Crippen LogP contribution in [0.15, 0.2) is 18.2 Å². The van der Waals surface area contributed by atoms with Gasteiger partial charge in [-0.05, 0) is 25.0 Å². The number of likely N-dealkylation sites (tertiary alicyclic amines) is 1. The standard InChI is InChI=1S/C14H18ClN3O2/c1-17-13(19)9-5-7-18(8-6-9)14(20)10-3-2-4-11(16)12(10)15/h2-4,9H,5-8,16H2,1H3,(H,17,19). The van der Waals surface area contributed by atoms with E-state index < -0.39 is 0 Å². The van der Waals surface area contributed by atoms with E-state index in [0.29, 0.717) is 42.2 Å². The van der Waals surface area contributed by atoms with Crippen LogP contribution < -0.4 is 11.1 Å². The number of nitrogens with zero attached hydrogens (tertiary/aromatic N) is 1. The van der Waals surface area contributed by atoms with Gasteiger partial charge in [0.2, 0.25) is 5.91 Å². The van der Waals surface area contributed by atoms with Crippen LogP contribution in [0.3, 0.4) is 0 Å². The van der Waals surface area contributed by atoms with Crippen molar-refractivity contribution in [2.75, 3.05) is 25.9 Å². The molecular weight excluding hydrogens is 278 g/mol. The van der Waals surface area contributed by atoms with Crippen molar-refractivity contribution in [2.45, 2.75) is 12.8 Å². The molecule has 3 N–H and O–H groups in total. The molecule has 5 nitrogen and oxygen atoms in total. The molecule has 0 unspecified atom stereocenters. The minimum atomic E-state index is -0.127. The highest BCUT2D eigenvalue weighted by Crippen LogP contribution is 2.26. The molecule has 0 radical (unpaired) electrons. The minimum Gasteiger partial charge on any atom is -0.398 e. The number of nitrogens with one attached hydrogen (secondary N) is 1. The van der Waals surface area contributed by atoms with Gasteiger partial charge in [-0.2, -0.15) is 0 Å². The Hall–Kier alpha value is -1.75. The lowest BCUT2D eigenvalue weighted by Crippen LogP contribution is -2.42. The Labute approximate surface area is 123 Å². The van der Waals surface area contributed by atoms with Crippen LogP contribution in [0.1, 0.15) is 23.2 Å². The molecule has 1 aliphatic rings. The van der Waals surface area contributed by atoms with E-state index in [1.54, 1.807) is 30.1 Å². The molecule has 1 aliphatic heterocycles. The summed E-state index contributed by atoms with van der Waals surface area (Å²) < 4.78 is 0. The number of nitrogen functional groups attached to an aromatic ring is 1. The monoisotopic (exact) mass is 295 g/mol. The van der Waals surface area contributed by atoms with Gasteiger partial charge < -0.3 is 16.0 Å². The average Bonchev–Trinajstić information content (AvgIpc) is 2.48. The maximum atomic E-state index is 12.4. The Balaban J connectivity index is 2.05. The van der Waals surface area contributed by atoms with Crippen molar-refractivity contribution in [1.29, 1.82) is 0 Å². The molecule has 0 atom stereocenters. The summed E-state index contributed by atoms with van der Waals surface area (Å²) in [6.07, 6.45) is 1.34. The van der Waals surface area contributed by atoms with E-state index in [4.69, 9.17) is 17.3 Å². The van der Waals surface area contributed by atoms with Crippen LogP contribution in [0.25, 0.3) is 0 Å². The quantitative estimate of drug-likeness (QED) is 0.812. The van der Waals surface area contributed by atoms with Gasteiger partial charge >= 0.3 is 0 Å². The van der Waals surface area contributed by atoms with E-state index in [2.05, 4.69) is 5.32 Å². The highest BCUT2D eigenvalue weighted by atomic mass is 35.5. The Morgan fingerprint density at radius 3 is 2.60 bits per heavy atom.